The molecule has 3 rings (SSSR count). The number of benzene rings is 2. The van der Waals surface area contributed by atoms with Gasteiger partial charge in [0.25, 0.3) is 11.6 Å². The van der Waals surface area contributed by atoms with Crippen LogP contribution in [0.2, 0.25) is 0 Å². The molecule has 1 N–H and O–H groups in total. The van der Waals surface area contributed by atoms with E-state index in [-0.39, 0.29) is 16.5 Å². The fourth-order valence-electron chi connectivity index (χ4n) is 3.85. The van der Waals surface area contributed by atoms with Crippen LogP contribution in [0.25, 0.3) is 5.57 Å². The van der Waals surface area contributed by atoms with Crippen molar-refractivity contribution < 1.29 is 9.72 Å². The SMILES string of the molecule is CCN(CC)C(=O)c1ccc(C(=C2CCNCC2)c2ccccc2[N+](=O)[O-])cc1. The van der Waals surface area contributed by atoms with Crippen LogP contribution in [0.3, 0.4) is 0 Å². The predicted octanol–water partition coefficient (Wildman–Crippen LogP) is 4.26. The van der Waals surface area contributed by atoms with Gasteiger partial charge in [-0.25, -0.2) is 0 Å². The summed E-state index contributed by atoms with van der Waals surface area (Å²) in [5, 5.41) is 15.0. The second-order valence-corrected chi connectivity index (χ2v) is 7.06. The van der Waals surface area contributed by atoms with Gasteiger partial charge in [-0.2, -0.15) is 0 Å². The first-order chi connectivity index (χ1) is 14.1. The second kappa shape index (κ2) is 9.47. The molecule has 2 aromatic rings. The molecule has 0 spiro atoms. The zero-order valence-corrected chi connectivity index (χ0v) is 17.0. The Morgan fingerprint density at radius 2 is 1.59 bits per heavy atom. The normalized spacial score (nSPS) is 13.8. The average molecular weight is 393 g/mol. The molecule has 1 saturated heterocycles. The Morgan fingerprint density at radius 1 is 1.00 bits per heavy atom. The van der Waals surface area contributed by atoms with Crippen molar-refractivity contribution >= 4 is 17.2 Å². The molecule has 0 aliphatic carbocycles. The van der Waals surface area contributed by atoms with E-state index in [1.807, 2.05) is 50.2 Å². The molecule has 6 nitrogen and oxygen atoms in total. The molecule has 0 aromatic heterocycles. The molecule has 0 saturated carbocycles. The number of nitro benzene ring substituents is 1. The first-order valence-corrected chi connectivity index (χ1v) is 10.1. The monoisotopic (exact) mass is 393 g/mol. The topological polar surface area (TPSA) is 75.5 Å². The highest BCUT2D eigenvalue weighted by Crippen LogP contribution is 2.36. The summed E-state index contributed by atoms with van der Waals surface area (Å²) in [6.07, 6.45) is 1.70. The van der Waals surface area contributed by atoms with Crippen LogP contribution in [0, 0.1) is 10.1 Å². The van der Waals surface area contributed by atoms with Crippen LogP contribution >= 0.6 is 0 Å². The van der Waals surface area contributed by atoms with Gasteiger partial charge < -0.3 is 10.2 Å². The van der Waals surface area contributed by atoms with Gasteiger partial charge in [0.15, 0.2) is 0 Å². The van der Waals surface area contributed by atoms with Gasteiger partial charge in [-0.3, -0.25) is 14.9 Å². The van der Waals surface area contributed by atoms with Crippen LogP contribution in [-0.2, 0) is 0 Å². The molecule has 0 atom stereocenters. The lowest BCUT2D eigenvalue weighted by Crippen LogP contribution is -2.30. The Balaban J connectivity index is 2.07. The van der Waals surface area contributed by atoms with E-state index in [2.05, 4.69) is 5.32 Å². The van der Waals surface area contributed by atoms with E-state index in [9.17, 15) is 14.9 Å². The van der Waals surface area contributed by atoms with Crippen LogP contribution in [0.4, 0.5) is 5.69 Å². The van der Waals surface area contributed by atoms with Crippen molar-refractivity contribution in [3.8, 4) is 0 Å². The molecule has 0 bridgehead atoms. The van der Waals surface area contributed by atoms with Crippen molar-refractivity contribution in [1.29, 1.82) is 0 Å². The first-order valence-electron chi connectivity index (χ1n) is 10.1. The van der Waals surface area contributed by atoms with Crippen LogP contribution < -0.4 is 5.32 Å². The number of piperidine rings is 1. The van der Waals surface area contributed by atoms with Crippen LogP contribution in [0.5, 0.6) is 0 Å². The van der Waals surface area contributed by atoms with E-state index < -0.39 is 0 Å². The maximum Gasteiger partial charge on any atom is 0.277 e. The number of hydrogen-bond donors (Lipinski definition) is 1. The Labute approximate surface area is 171 Å². The minimum Gasteiger partial charge on any atom is -0.339 e. The van der Waals surface area contributed by atoms with Gasteiger partial charge in [0.1, 0.15) is 0 Å². The summed E-state index contributed by atoms with van der Waals surface area (Å²) in [4.78, 5) is 25.7. The van der Waals surface area contributed by atoms with Crippen molar-refractivity contribution in [2.75, 3.05) is 26.2 Å². The van der Waals surface area contributed by atoms with Gasteiger partial charge in [0.05, 0.1) is 10.5 Å². The van der Waals surface area contributed by atoms with E-state index in [1.165, 1.54) is 5.57 Å². The molecule has 0 unspecified atom stereocenters. The zero-order chi connectivity index (χ0) is 20.8. The molecule has 1 heterocycles. The standard InChI is InChI=1S/C23H27N3O3/c1-3-25(4-2)23(27)19-11-9-17(10-12-19)22(18-13-15-24-16-14-18)20-7-5-6-8-21(20)26(28)29/h5-12,24H,3-4,13-16H2,1-2H3. The van der Waals surface area contributed by atoms with Crippen molar-refractivity contribution in [3.05, 3.63) is 80.9 Å². The molecular weight excluding hydrogens is 366 g/mol. The summed E-state index contributed by atoms with van der Waals surface area (Å²) in [5.41, 5.74) is 4.41. The lowest BCUT2D eigenvalue weighted by Gasteiger charge is -2.22. The fraction of sp³-hybridized carbons (Fsp3) is 0.348. The number of nitrogens with one attached hydrogen (secondary N) is 1. The molecule has 6 heteroatoms. The summed E-state index contributed by atoms with van der Waals surface area (Å²) in [7, 11) is 0. The minimum absolute atomic E-state index is 0.00307. The molecule has 152 valence electrons. The summed E-state index contributed by atoms with van der Waals surface area (Å²) in [5.74, 6) is 0.00307. The zero-order valence-electron chi connectivity index (χ0n) is 17.0. The number of hydrogen-bond acceptors (Lipinski definition) is 4. The smallest absolute Gasteiger partial charge is 0.277 e. The first kappa shape index (κ1) is 20.7. The van der Waals surface area contributed by atoms with Gasteiger partial charge in [0.2, 0.25) is 0 Å². The Bertz CT molecular complexity index is 907. The maximum absolute atomic E-state index is 12.6. The quantitative estimate of drug-likeness (QED) is 0.588. The third kappa shape index (κ3) is 4.54. The Hall–Kier alpha value is -2.99. The predicted molar refractivity (Wildman–Crippen MR) is 115 cm³/mol. The van der Waals surface area contributed by atoms with Gasteiger partial charge in [-0.05, 0) is 69.1 Å². The number of para-hydroxylation sites is 1. The van der Waals surface area contributed by atoms with E-state index in [1.54, 1.807) is 17.0 Å². The van der Waals surface area contributed by atoms with Gasteiger partial charge in [-0.1, -0.05) is 29.8 Å². The summed E-state index contributed by atoms with van der Waals surface area (Å²) >= 11 is 0. The molecule has 1 amide bonds. The molecule has 1 aliphatic rings. The molecular formula is C23H27N3O3. The molecule has 1 aliphatic heterocycles. The summed E-state index contributed by atoms with van der Waals surface area (Å²) in [6, 6.07) is 14.4. The number of rotatable bonds is 6. The van der Waals surface area contributed by atoms with E-state index in [0.29, 0.717) is 24.2 Å². The van der Waals surface area contributed by atoms with E-state index >= 15 is 0 Å². The Kier molecular flexibility index (Phi) is 6.77. The van der Waals surface area contributed by atoms with Crippen LogP contribution in [0.1, 0.15) is 48.2 Å². The molecule has 1 fully saturated rings. The van der Waals surface area contributed by atoms with Crippen molar-refractivity contribution in [2.45, 2.75) is 26.7 Å². The van der Waals surface area contributed by atoms with Crippen LogP contribution in [0.15, 0.2) is 54.1 Å². The third-order valence-corrected chi connectivity index (χ3v) is 5.40. The third-order valence-electron chi connectivity index (χ3n) is 5.40. The summed E-state index contributed by atoms with van der Waals surface area (Å²) < 4.78 is 0. The fourth-order valence-corrected chi connectivity index (χ4v) is 3.85. The molecule has 0 radical (unpaired) electrons. The highest BCUT2D eigenvalue weighted by atomic mass is 16.6. The van der Waals surface area contributed by atoms with Crippen molar-refractivity contribution in [2.24, 2.45) is 0 Å². The minimum atomic E-state index is -0.324. The molecule has 2 aromatic carbocycles. The lowest BCUT2D eigenvalue weighted by molar-refractivity contribution is -0.385. The number of carbonyl (C=O) groups excluding carboxylic acids is 1. The van der Waals surface area contributed by atoms with Gasteiger partial charge in [0, 0.05) is 24.7 Å². The Morgan fingerprint density at radius 3 is 2.17 bits per heavy atom. The number of nitrogens with zero attached hydrogens (tertiary/aromatic N) is 2. The highest BCUT2D eigenvalue weighted by molar-refractivity contribution is 5.95. The largest absolute Gasteiger partial charge is 0.339 e. The van der Waals surface area contributed by atoms with E-state index in [4.69, 9.17) is 0 Å². The second-order valence-electron chi connectivity index (χ2n) is 7.06. The number of carbonyl (C=O) groups is 1. The van der Waals surface area contributed by atoms with Gasteiger partial charge in [-0.15, -0.1) is 0 Å². The lowest BCUT2D eigenvalue weighted by atomic mass is 9.87. The van der Waals surface area contributed by atoms with E-state index in [0.717, 1.165) is 37.1 Å². The number of amides is 1. The maximum atomic E-state index is 12.6. The van der Waals surface area contributed by atoms with Gasteiger partial charge >= 0.3 is 0 Å². The highest BCUT2D eigenvalue weighted by Gasteiger charge is 2.22. The van der Waals surface area contributed by atoms with Crippen molar-refractivity contribution in [3.63, 3.8) is 0 Å². The van der Waals surface area contributed by atoms with Crippen molar-refractivity contribution in [1.82, 2.24) is 10.2 Å². The molecule has 29 heavy (non-hydrogen) atoms. The van der Waals surface area contributed by atoms with Crippen LogP contribution in [-0.4, -0.2) is 41.9 Å². The number of nitro groups is 1. The summed E-state index contributed by atoms with van der Waals surface area (Å²) in [6.45, 7) is 6.97. The average Bonchev–Trinajstić information content (AvgIpc) is 2.76.